The summed E-state index contributed by atoms with van der Waals surface area (Å²) >= 11 is 0. The molecule has 0 unspecified atom stereocenters. The highest BCUT2D eigenvalue weighted by Gasteiger charge is 2.08. The molecule has 0 heterocycles. The molecule has 3 nitrogen and oxygen atoms in total. The normalized spacial score (nSPS) is 10.4. The Morgan fingerprint density at radius 2 is 1.67 bits per heavy atom. The van der Waals surface area contributed by atoms with E-state index in [-0.39, 0.29) is 0 Å². The van der Waals surface area contributed by atoms with Gasteiger partial charge in [0.2, 0.25) is 0 Å². The molecule has 0 amide bonds. The molecule has 2 N–H and O–H groups in total. The number of ether oxygens (including phenoxy) is 1. The third-order valence-electron chi connectivity index (χ3n) is 3.58. The summed E-state index contributed by atoms with van der Waals surface area (Å²) in [5.41, 5.74) is 10.2. The zero-order valence-electron chi connectivity index (χ0n) is 13.1. The van der Waals surface area contributed by atoms with E-state index in [1.54, 1.807) is 0 Å². The molecular formula is C18H24N2O. The predicted octanol–water partition coefficient (Wildman–Crippen LogP) is 4.39. The van der Waals surface area contributed by atoms with Crippen LogP contribution in [0.2, 0.25) is 0 Å². The fourth-order valence-corrected chi connectivity index (χ4v) is 2.17. The van der Waals surface area contributed by atoms with Gasteiger partial charge in [-0.05, 0) is 42.7 Å². The van der Waals surface area contributed by atoms with Crippen molar-refractivity contribution in [3.05, 3.63) is 48.0 Å². The van der Waals surface area contributed by atoms with Gasteiger partial charge in [0.25, 0.3) is 0 Å². The fourth-order valence-electron chi connectivity index (χ4n) is 2.17. The number of benzene rings is 2. The highest BCUT2D eigenvalue weighted by Crippen LogP contribution is 2.31. The van der Waals surface area contributed by atoms with E-state index in [4.69, 9.17) is 10.5 Å². The molecule has 0 aromatic heterocycles. The average molecular weight is 284 g/mol. The number of hydrogen-bond donors (Lipinski definition) is 1. The molecule has 112 valence electrons. The van der Waals surface area contributed by atoms with Crippen molar-refractivity contribution in [3.8, 4) is 5.75 Å². The minimum atomic E-state index is 0.682. The van der Waals surface area contributed by atoms with Crippen molar-refractivity contribution < 1.29 is 4.74 Å². The summed E-state index contributed by atoms with van der Waals surface area (Å²) in [6.07, 6.45) is 2.03. The molecule has 0 saturated heterocycles. The van der Waals surface area contributed by atoms with E-state index in [0.29, 0.717) is 12.3 Å². The van der Waals surface area contributed by atoms with Crippen molar-refractivity contribution in [3.63, 3.8) is 0 Å². The second-order valence-electron chi connectivity index (χ2n) is 5.15. The van der Waals surface area contributed by atoms with Gasteiger partial charge in [0.05, 0.1) is 12.3 Å². The Morgan fingerprint density at radius 1 is 1.00 bits per heavy atom. The van der Waals surface area contributed by atoms with Crippen LogP contribution in [-0.4, -0.2) is 13.7 Å². The number of nitrogen functional groups attached to an aromatic ring is 1. The van der Waals surface area contributed by atoms with Crippen molar-refractivity contribution in [2.75, 3.05) is 24.3 Å². The molecular weight excluding hydrogens is 260 g/mol. The minimum absolute atomic E-state index is 0.682. The first kappa shape index (κ1) is 15.2. The summed E-state index contributed by atoms with van der Waals surface area (Å²) < 4.78 is 5.70. The lowest BCUT2D eigenvalue weighted by molar-refractivity contribution is 0.319. The summed E-state index contributed by atoms with van der Waals surface area (Å²) in [6.45, 7) is 4.93. The molecule has 21 heavy (non-hydrogen) atoms. The molecule has 0 saturated carbocycles. The Kier molecular flexibility index (Phi) is 5.09. The van der Waals surface area contributed by atoms with E-state index in [1.165, 1.54) is 5.56 Å². The molecule has 3 heteroatoms. The van der Waals surface area contributed by atoms with Crippen LogP contribution in [0.25, 0.3) is 0 Å². The predicted molar refractivity (Wildman–Crippen MR) is 90.5 cm³/mol. The maximum atomic E-state index is 5.96. The van der Waals surface area contributed by atoms with Gasteiger partial charge in [0.1, 0.15) is 5.75 Å². The standard InChI is InChI=1S/C18H24N2O/c1-4-12-21-18-13-16(10-11-17(18)19)20(3)15-8-6-14(5-2)7-9-15/h6-11,13H,4-5,12,19H2,1-3H3. The van der Waals surface area contributed by atoms with Crippen molar-refractivity contribution in [2.45, 2.75) is 26.7 Å². The van der Waals surface area contributed by atoms with Gasteiger partial charge in [0, 0.05) is 24.5 Å². The van der Waals surface area contributed by atoms with Crippen LogP contribution in [0.15, 0.2) is 42.5 Å². The summed E-state index contributed by atoms with van der Waals surface area (Å²) in [5, 5.41) is 0. The van der Waals surface area contributed by atoms with Crippen molar-refractivity contribution in [1.82, 2.24) is 0 Å². The summed E-state index contributed by atoms with van der Waals surface area (Å²) in [5.74, 6) is 0.756. The van der Waals surface area contributed by atoms with Crippen LogP contribution in [0, 0.1) is 0 Å². The van der Waals surface area contributed by atoms with Gasteiger partial charge in [-0.3, -0.25) is 0 Å². The van der Waals surface area contributed by atoms with Crippen LogP contribution in [0.3, 0.4) is 0 Å². The molecule has 0 atom stereocenters. The molecule has 0 radical (unpaired) electrons. The topological polar surface area (TPSA) is 38.5 Å². The second-order valence-corrected chi connectivity index (χ2v) is 5.15. The Labute approximate surface area is 127 Å². The zero-order chi connectivity index (χ0) is 15.2. The summed E-state index contributed by atoms with van der Waals surface area (Å²) in [4.78, 5) is 2.14. The third kappa shape index (κ3) is 3.69. The van der Waals surface area contributed by atoms with Crippen LogP contribution >= 0.6 is 0 Å². The number of aryl methyl sites for hydroxylation is 1. The lowest BCUT2D eigenvalue weighted by Crippen LogP contribution is -2.10. The van der Waals surface area contributed by atoms with Crippen LogP contribution in [0.4, 0.5) is 17.1 Å². The van der Waals surface area contributed by atoms with E-state index in [2.05, 4.69) is 50.1 Å². The van der Waals surface area contributed by atoms with Crippen molar-refractivity contribution in [1.29, 1.82) is 0 Å². The van der Waals surface area contributed by atoms with Gasteiger partial charge in [-0.15, -0.1) is 0 Å². The first-order valence-corrected chi connectivity index (χ1v) is 7.50. The number of anilines is 3. The minimum Gasteiger partial charge on any atom is -0.491 e. The van der Waals surface area contributed by atoms with Crippen LogP contribution in [0.5, 0.6) is 5.75 Å². The smallest absolute Gasteiger partial charge is 0.144 e. The number of nitrogens with zero attached hydrogens (tertiary/aromatic N) is 1. The number of rotatable bonds is 6. The van der Waals surface area contributed by atoms with E-state index < -0.39 is 0 Å². The second kappa shape index (κ2) is 7.02. The van der Waals surface area contributed by atoms with Gasteiger partial charge >= 0.3 is 0 Å². The van der Waals surface area contributed by atoms with E-state index >= 15 is 0 Å². The van der Waals surface area contributed by atoms with Gasteiger partial charge in [-0.25, -0.2) is 0 Å². The Morgan fingerprint density at radius 3 is 2.29 bits per heavy atom. The van der Waals surface area contributed by atoms with E-state index in [9.17, 15) is 0 Å². The monoisotopic (exact) mass is 284 g/mol. The number of nitrogens with two attached hydrogens (primary N) is 1. The molecule has 0 aliphatic rings. The van der Waals surface area contributed by atoms with Crippen LogP contribution in [0.1, 0.15) is 25.8 Å². The molecule has 2 aromatic carbocycles. The third-order valence-corrected chi connectivity index (χ3v) is 3.58. The zero-order valence-corrected chi connectivity index (χ0v) is 13.1. The van der Waals surface area contributed by atoms with Crippen molar-refractivity contribution >= 4 is 17.1 Å². The fraction of sp³-hybridized carbons (Fsp3) is 0.333. The SMILES string of the molecule is CCCOc1cc(N(C)c2ccc(CC)cc2)ccc1N. The molecule has 2 aromatic rings. The van der Waals surface area contributed by atoms with Crippen LogP contribution in [-0.2, 0) is 6.42 Å². The Bertz CT molecular complexity index is 578. The first-order valence-electron chi connectivity index (χ1n) is 7.50. The molecule has 0 spiro atoms. The largest absolute Gasteiger partial charge is 0.491 e. The average Bonchev–Trinajstić information content (AvgIpc) is 2.53. The van der Waals surface area contributed by atoms with Gasteiger partial charge in [0.15, 0.2) is 0 Å². The van der Waals surface area contributed by atoms with E-state index in [0.717, 1.165) is 30.0 Å². The maximum Gasteiger partial charge on any atom is 0.144 e. The molecule has 0 aliphatic heterocycles. The van der Waals surface area contributed by atoms with Gasteiger partial charge < -0.3 is 15.4 Å². The maximum absolute atomic E-state index is 5.96. The molecule has 0 fully saturated rings. The molecule has 2 rings (SSSR count). The van der Waals surface area contributed by atoms with Crippen molar-refractivity contribution in [2.24, 2.45) is 0 Å². The summed E-state index contributed by atoms with van der Waals surface area (Å²) in [7, 11) is 2.05. The lowest BCUT2D eigenvalue weighted by atomic mass is 10.1. The molecule has 0 bridgehead atoms. The van der Waals surface area contributed by atoms with Crippen LogP contribution < -0.4 is 15.4 Å². The van der Waals surface area contributed by atoms with Gasteiger partial charge in [-0.1, -0.05) is 26.0 Å². The lowest BCUT2D eigenvalue weighted by Gasteiger charge is -2.21. The number of hydrogen-bond acceptors (Lipinski definition) is 3. The molecule has 0 aliphatic carbocycles. The Hall–Kier alpha value is -2.16. The summed E-state index contributed by atoms with van der Waals surface area (Å²) in [6, 6.07) is 14.5. The van der Waals surface area contributed by atoms with Gasteiger partial charge in [-0.2, -0.15) is 0 Å². The highest BCUT2D eigenvalue weighted by molar-refractivity contribution is 5.68. The first-order chi connectivity index (χ1) is 10.2. The van der Waals surface area contributed by atoms with E-state index in [1.807, 2.05) is 18.2 Å². The Balaban J connectivity index is 2.23. The highest BCUT2D eigenvalue weighted by atomic mass is 16.5. The quantitative estimate of drug-likeness (QED) is 0.800.